The standard InChI is InChI=1S/C14H20ClFN2O/c1-3-17-9-13-14(18(2)6-7-19-13)10-4-5-12(16)11(15)8-10/h4-5,8,13-14,17H,3,6-7,9H2,1-2H3. The van der Waals surface area contributed by atoms with Gasteiger partial charge in [-0.25, -0.2) is 4.39 Å². The maximum atomic E-state index is 13.3. The maximum absolute atomic E-state index is 13.3. The number of ether oxygens (including phenoxy) is 1. The van der Waals surface area contributed by atoms with Gasteiger partial charge in [-0.3, -0.25) is 4.90 Å². The van der Waals surface area contributed by atoms with Gasteiger partial charge in [-0.2, -0.15) is 0 Å². The number of morpholine rings is 1. The molecule has 0 radical (unpaired) electrons. The molecule has 1 heterocycles. The predicted octanol–water partition coefficient (Wildman–Crippen LogP) is 2.46. The van der Waals surface area contributed by atoms with E-state index < -0.39 is 0 Å². The molecule has 0 spiro atoms. The van der Waals surface area contributed by atoms with Gasteiger partial charge >= 0.3 is 0 Å². The lowest BCUT2D eigenvalue weighted by Crippen LogP contribution is -2.47. The van der Waals surface area contributed by atoms with Crippen LogP contribution in [-0.4, -0.2) is 44.3 Å². The molecular formula is C14H20ClFN2O. The largest absolute Gasteiger partial charge is 0.374 e. The zero-order chi connectivity index (χ0) is 13.8. The van der Waals surface area contributed by atoms with Crippen LogP contribution in [-0.2, 0) is 4.74 Å². The summed E-state index contributed by atoms with van der Waals surface area (Å²) in [4.78, 5) is 2.23. The predicted molar refractivity (Wildman–Crippen MR) is 75.1 cm³/mol. The Morgan fingerprint density at radius 2 is 2.32 bits per heavy atom. The third kappa shape index (κ3) is 3.45. The van der Waals surface area contributed by atoms with Gasteiger partial charge in [0.1, 0.15) is 5.82 Å². The van der Waals surface area contributed by atoms with Crippen LogP contribution in [0.25, 0.3) is 0 Å². The average Bonchev–Trinajstić information content (AvgIpc) is 2.40. The van der Waals surface area contributed by atoms with Crippen molar-refractivity contribution in [3.63, 3.8) is 0 Å². The summed E-state index contributed by atoms with van der Waals surface area (Å²) in [5.74, 6) is -0.381. The van der Waals surface area contributed by atoms with Crippen LogP contribution in [0.4, 0.5) is 4.39 Å². The highest BCUT2D eigenvalue weighted by atomic mass is 35.5. The molecule has 0 saturated carbocycles. The van der Waals surface area contributed by atoms with Crippen LogP contribution in [0.3, 0.4) is 0 Å². The lowest BCUT2D eigenvalue weighted by molar-refractivity contribution is -0.0611. The minimum Gasteiger partial charge on any atom is -0.374 e. The van der Waals surface area contributed by atoms with Gasteiger partial charge in [-0.15, -0.1) is 0 Å². The van der Waals surface area contributed by atoms with E-state index in [2.05, 4.69) is 24.2 Å². The molecule has 2 atom stereocenters. The van der Waals surface area contributed by atoms with E-state index >= 15 is 0 Å². The van der Waals surface area contributed by atoms with Crippen molar-refractivity contribution in [3.8, 4) is 0 Å². The Bertz CT molecular complexity index is 430. The SMILES string of the molecule is CCNCC1OCCN(C)C1c1ccc(F)c(Cl)c1. The molecule has 1 saturated heterocycles. The van der Waals surface area contributed by atoms with Gasteiger partial charge in [0.15, 0.2) is 0 Å². The number of likely N-dealkylation sites (N-methyl/N-ethyl adjacent to an activating group) is 2. The Balaban J connectivity index is 2.22. The van der Waals surface area contributed by atoms with Crippen molar-refractivity contribution in [1.82, 2.24) is 10.2 Å². The summed E-state index contributed by atoms with van der Waals surface area (Å²) in [5, 5.41) is 3.47. The lowest BCUT2D eigenvalue weighted by Gasteiger charge is -2.39. The number of nitrogens with one attached hydrogen (secondary N) is 1. The number of hydrogen-bond donors (Lipinski definition) is 1. The molecule has 0 aromatic heterocycles. The lowest BCUT2D eigenvalue weighted by atomic mass is 9.98. The molecule has 0 aliphatic carbocycles. The van der Waals surface area contributed by atoms with E-state index in [-0.39, 0.29) is 23.0 Å². The Morgan fingerprint density at radius 1 is 1.53 bits per heavy atom. The molecule has 1 fully saturated rings. The second kappa shape index (κ2) is 6.66. The van der Waals surface area contributed by atoms with Crippen molar-refractivity contribution in [2.75, 3.05) is 33.3 Å². The van der Waals surface area contributed by atoms with E-state index in [1.165, 1.54) is 6.07 Å². The normalized spacial score (nSPS) is 24.6. The highest BCUT2D eigenvalue weighted by molar-refractivity contribution is 6.30. The van der Waals surface area contributed by atoms with Gasteiger partial charge in [-0.05, 0) is 31.3 Å². The molecule has 1 aliphatic heterocycles. The van der Waals surface area contributed by atoms with Crippen molar-refractivity contribution >= 4 is 11.6 Å². The van der Waals surface area contributed by atoms with E-state index in [0.29, 0.717) is 0 Å². The van der Waals surface area contributed by atoms with Crippen LogP contribution >= 0.6 is 11.6 Å². The molecule has 0 amide bonds. The molecule has 2 unspecified atom stereocenters. The second-order valence-electron chi connectivity index (χ2n) is 4.82. The summed E-state index contributed by atoms with van der Waals surface area (Å²) in [5.41, 5.74) is 0.997. The monoisotopic (exact) mass is 286 g/mol. The van der Waals surface area contributed by atoms with Gasteiger partial charge < -0.3 is 10.1 Å². The van der Waals surface area contributed by atoms with Crippen molar-refractivity contribution < 1.29 is 9.13 Å². The first-order chi connectivity index (χ1) is 9.13. The molecule has 106 valence electrons. The van der Waals surface area contributed by atoms with Crippen LogP contribution < -0.4 is 5.32 Å². The zero-order valence-electron chi connectivity index (χ0n) is 11.3. The average molecular weight is 287 g/mol. The highest BCUT2D eigenvalue weighted by Gasteiger charge is 2.31. The summed E-state index contributed by atoms with van der Waals surface area (Å²) in [6.07, 6.45) is 0.0558. The summed E-state index contributed by atoms with van der Waals surface area (Å²) in [6.45, 7) is 5.33. The van der Waals surface area contributed by atoms with Gasteiger partial charge in [0.25, 0.3) is 0 Å². The first-order valence-corrected chi connectivity index (χ1v) is 6.98. The van der Waals surface area contributed by atoms with Crippen molar-refractivity contribution in [3.05, 3.63) is 34.6 Å². The molecular weight excluding hydrogens is 267 g/mol. The fourth-order valence-corrected chi connectivity index (χ4v) is 2.67. The van der Waals surface area contributed by atoms with E-state index in [1.54, 1.807) is 12.1 Å². The quantitative estimate of drug-likeness (QED) is 0.920. The summed E-state index contributed by atoms with van der Waals surface area (Å²) < 4.78 is 19.1. The van der Waals surface area contributed by atoms with Crippen LogP contribution in [0.1, 0.15) is 18.5 Å². The van der Waals surface area contributed by atoms with E-state index in [0.717, 1.165) is 31.8 Å². The van der Waals surface area contributed by atoms with Gasteiger partial charge in [0, 0.05) is 13.1 Å². The molecule has 19 heavy (non-hydrogen) atoms. The molecule has 1 aliphatic rings. The van der Waals surface area contributed by atoms with E-state index in [4.69, 9.17) is 16.3 Å². The number of benzene rings is 1. The molecule has 5 heteroatoms. The minimum atomic E-state index is -0.381. The van der Waals surface area contributed by atoms with Crippen LogP contribution in [0, 0.1) is 5.82 Å². The Hall–Kier alpha value is -0.680. The van der Waals surface area contributed by atoms with Gasteiger partial charge in [-0.1, -0.05) is 24.6 Å². The van der Waals surface area contributed by atoms with E-state index in [1.807, 2.05) is 0 Å². The first-order valence-electron chi connectivity index (χ1n) is 6.61. The van der Waals surface area contributed by atoms with Crippen LogP contribution in [0.2, 0.25) is 5.02 Å². The smallest absolute Gasteiger partial charge is 0.141 e. The Morgan fingerprint density at radius 3 is 3.00 bits per heavy atom. The Kier molecular flexibility index (Phi) is 5.16. The molecule has 2 rings (SSSR count). The Labute approximate surface area is 118 Å². The molecule has 0 bridgehead atoms. The van der Waals surface area contributed by atoms with Gasteiger partial charge in [0.2, 0.25) is 0 Å². The number of halogens is 2. The summed E-state index contributed by atoms with van der Waals surface area (Å²) in [6, 6.07) is 5.01. The molecule has 1 aromatic carbocycles. The van der Waals surface area contributed by atoms with Crippen LogP contribution in [0.5, 0.6) is 0 Å². The highest BCUT2D eigenvalue weighted by Crippen LogP contribution is 2.30. The summed E-state index contributed by atoms with van der Waals surface area (Å²) >= 11 is 5.88. The van der Waals surface area contributed by atoms with Crippen molar-refractivity contribution in [2.24, 2.45) is 0 Å². The number of rotatable bonds is 4. The maximum Gasteiger partial charge on any atom is 0.141 e. The third-order valence-electron chi connectivity index (χ3n) is 3.48. The summed E-state index contributed by atoms with van der Waals surface area (Å²) in [7, 11) is 2.06. The third-order valence-corrected chi connectivity index (χ3v) is 3.77. The van der Waals surface area contributed by atoms with Crippen molar-refractivity contribution in [1.29, 1.82) is 0 Å². The number of hydrogen-bond acceptors (Lipinski definition) is 3. The minimum absolute atomic E-state index is 0.0558. The topological polar surface area (TPSA) is 24.5 Å². The fraction of sp³-hybridized carbons (Fsp3) is 0.571. The van der Waals surface area contributed by atoms with Crippen LogP contribution in [0.15, 0.2) is 18.2 Å². The molecule has 1 N–H and O–H groups in total. The first kappa shape index (κ1) is 14.7. The zero-order valence-corrected chi connectivity index (χ0v) is 12.1. The molecule has 1 aromatic rings. The number of nitrogens with zero attached hydrogens (tertiary/aromatic N) is 1. The second-order valence-corrected chi connectivity index (χ2v) is 5.22. The van der Waals surface area contributed by atoms with Crippen molar-refractivity contribution in [2.45, 2.75) is 19.1 Å². The fourth-order valence-electron chi connectivity index (χ4n) is 2.48. The van der Waals surface area contributed by atoms with Gasteiger partial charge in [0.05, 0.1) is 23.8 Å². The van der Waals surface area contributed by atoms with E-state index in [9.17, 15) is 4.39 Å². The molecule has 3 nitrogen and oxygen atoms in total.